The number of aryl methyl sites for hydroxylation is 1. The highest BCUT2D eigenvalue weighted by atomic mass is 15.2. The fourth-order valence-corrected chi connectivity index (χ4v) is 2.97. The molecule has 0 spiro atoms. The maximum absolute atomic E-state index is 4.63. The molecule has 4 rings (SSSR count). The van der Waals surface area contributed by atoms with Gasteiger partial charge in [-0.25, -0.2) is 0 Å². The van der Waals surface area contributed by atoms with Crippen molar-refractivity contribution in [3.05, 3.63) is 53.6 Å². The summed E-state index contributed by atoms with van der Waals surface area (Å²) in [5.74, 6) is 0. The first-order chi connectivity index (χ1) is 8.93. The summed E-state index contributed by atoms with van der Waals surface area (Å²) in [6.07, 6.45) is 4.39. The molecule has 2 aromatic carbocycles. The van der Waals surface area contributed by atoms with Gasteiger partial charge in [0.1, 0.15) is 0 Å². The molecule has 0 N–H and O–H groups in total. The Morgan fingerprint density at radius 3 is 2.94 bits per heavy atom. The second kappa shape index (κ2) is 3.70. The number of hydrogen-bond acceptors (Lipinski definition) is 2. The lowest BCUT2D eigenvalue weighted by Crippen LogP contribution is -2.25. The van der Waals surface area contributed by atoms with Crippen molar-refractivity contribution in [1.82, 2.24) is 0 Å². The largest absolute Gasteiger partial charge is 0.339 e. The van der Waals surface area contributed by atoms with Gasteiger partial charge in [0.05, 0.1) is 17.1 Å². The molecule has 2 nitrogen and oxygen atoms in total. The van der Waals surface area contributed by atoms with E-state index in [-0.39, 0.29) is 0 Å². The molecule has 0 aliphatic carbocycles. The molecular weight excluding hydrogens is 220 g/mol. The van der Waals surface area contributed by atoms with Crippen LogP contribution in [0.25, 0.3) is 0 Å². The number of fused-ring (bicyclic) bond motifs is 2. The molecule has 0 amide bonds. The third kappa shape index (κ3) is 1.32. The van der Waals surface area contributed by atoms with Crippen LogP contribution in [0, 0.1) is 0 Å². The van der Waals surface area contributed by atoms with Crippen LogP contribution in [-0.4, -0.2) is 12.8 Å². The molecule has 0 saturated carbocycles. The van der Waals surface area contributed by atoms with Crippen LogP contribution in [0.2, 0.25) is 0 Å². The molecule has 88 valence electrons. The third-order valence-corrected chi connectivity index (χ3v) is 3.76. The molecule has 2 heteroatoms. The van der Waals surface area contributed by atoms with E-state index in [1.54, 1.807) is 0 Å². The van der Waals surface area contributed by atoms with E-state index in [0.717, 1.165) is 12.2 Å². The number of nitrogens with zero attached hydrogens (tertiary/aromatic N) is 2. The van der Waals surface area contributed by atoms with Gasteiger partial charge < -0.3 is 4.90 Å². The van der Waals surface area contributed by atoms with Crippen molar-refractivity contribution in [2.24, 2.45) is 4.99 Å². The van der Waals surface area contributed by atoms with Gasteiger partial charge in [0.15, 0.2) is 0 Å². The minimum Gasteiger partial charge on any atom is -0.339 e. The molecular formula is C16H14N2. The molecule has 0 fully saturated rings. The zero-order chi connectivity index (χ0) is 11.9. The molecule has 2 aliphatic heterocycles. The van der Waals surface area contributed by atoms with E-state index >= 15 is 0 Å². The lowest BCUT2D eigenvalue weighted by atomic mass is 9.97. The van der Waals surface area contributed by atoms with Crippen LogP contribution in [0.5, 0.6) is 0 Å². The number of anilines is 2. The Labute approximate surface area is 107 Å². The summed E-state index contributed by atoms with van der Waals surface area (Å²) >= 11 is 0. The van der Waals surface area contributed by atoms with Gasteiger partial charge in [0.2, 0.25) is 0 Å². The third-order valence-electron chi connectivity index (χ3n) is 3.76. The molecule has 2 heterocycles. The van der Waals surface area contributed by atoms with Gasteiger partial charge in [-0.1, -0.05) is 30.3 Å². The summed E-state index contributed by atoms with van der Waals surface area (Å²) in [6.45, 7) is 1.09. The van der Waals surface area contributed by atoms with Crippen molar-refractivity contribution in [2.75, 3.05) is 11.4 Å². The standard InChI is InChI=1S/C16H14N2/c1-2-9-15-14(8-1)17-11-13-6-3-5-12-7-4-10-18(15)16(12)13/h1-3,5-6,8-9,11H,4,7,10H2. The predicted octanol–water partition coefficient (Wildman–Crippen LogP) is 3.83. The Hall–Kier alpha value is -2.09. The maximum Gasteiger partial charge on any atom is 0.0866 e. The average Bonchev–Trinajstić information content (AvgIpc) is 2.60. The molecule has 0 aromatic heterocycles. The lowest BCUT2D eigenvalue weighted by Gasteiger charge is -2.32. The van der Waals surface area contributed by atoms with Crippen molar-refractivity contribution < 1.29 is 0 Å². The molecule has 0 bridgehead atoms. The second-order valence-corrected chi connectivity index (χ2v) is 4.86. The van der Waals surface area contributed by atoms with Crippen LogP contribution in [0.3, 0.4) is 0 Å². The Kier molecular flexibility index (Phi) is 2.04. The Bertz CT molecular complexity index is 643. The fraction of sp³-hybridized carbons (Fsp3) is 0.188. The van der Waals surface area contributed by atoms with Gasteiger partial charge in [-0.05, 0) is 30.5 Å². The number of benzene rings is 2. The van der Waals surface area contributed by atoms with Crippen molar-refractivity contribution in [3.63, 3.8) is 0 Å². The van der Waals surface area contributed by atoms with Crippen molar-refractivity contribution in [3.8, 4) is 0 Å². The summed E-state index contributed by atoms with van der Waals surface area (Å²) in [5, 5.41) is 0. The first-order valence-electron chi connectivity index (χ1n) is 6.46. The fourth-order valence-electron chi connectivity index (χ4n) is 2.97. The minimum absolute atomic E-state index is 1.07. The quantitative estimate of drug-likeness (QED) is 0.676. The Morgan fingerprint density at radius 2 is 1.94 bits per heavy atom. The Balaban J connectivity index is 2.04. The normalized spacial score (nSPS) is 15.9. The number of hydrogen-bond donors (Lipinski definition) is 0. The SMILES string of the molecule is C1=Nc2ccccc2N2CCCc3cccc1c32. The maximum atomic E-state index is 4.63. The van der Waals surface area contributed by atoms with Gasteiger partial charge in [-0.3, -0.25) is 4.99 Å². The summed E-state index contributed by atoms with van der Waals surface area (Å²) in [6, 6.07) is 14.9. The predicted molar refractivity (Wildman–Crippen MR) is 75.5 cm³/mol. The number of rotatable bonds is 0. The molecule has 0 saturated heterocycles. The molecule has 0 atom stereocenters. The summed E-state index contributed by atoms with van der Waals surface area (Å²) in [4.78, 5) is 7.06. The van der Waals surface area contributed by atoms with Gasteiger partial charge in [0.25, 0.3) is 0 Å². The summed E-state index contributed by atoms with van der Waals surface area (Å²) < 4.78 is 0. The lowest BCUT2D eigenvalue weighted by molar-refractivity contribution is 0.767. The van der Waals surface area contributed by atoms with E-state index < -0.39 is 0 Å². The van der Waals surface area contributed by atoms with Crippen LogP contribution in [0.4, 0.5) is 17.1 Å². The number of para-hydroxylation sites is 3. The van der Waals surface area contributed by atoms with Crippen molar-refractivity contribution in [2.45, 2.75) is 12.8 Å². The summed E-state index contributed by atoms with van der Waals surface area (Å²) in [5.41, 5.74) is 6.35. The van der Waals surface area contributed by atoms with E-state index in [2.05, 4.69) is 52.4 Å². The zero-order valence-corrected chi connectivity index (χ0v) is 10.1. The van der Waals surface area contributed by atoms with E-state index in [0.29, 0.717) is 0 Å². The smallest absolute Gasteiger partial charge is 0.0866 e. The molecule has 0 unspecified atom stereocenters. The van der Waals surface area contributed by atoms with E-state index in [1.165, 1.54) is 35.3 Å². The van der Waals surface area contributed by atoms with E-state index in [4.69, 9.17) is 0 Å². The Morgan fingerprint density at radius 1 is 1.00 bits per heavy atom. The van der Waals surface area contributed by atoms with Gasteiger partial charge in [-0.15, -0.1) is 0 Å². The van der Waals surface area contributed by atoms with Crippen LogP contribution in [-0.2, 0) is 6.42 Å². The molecule has 2 aliphatic rings. The first kappa shape index (κ1) is 9.89. The monoisotopic (exact) mass is 234 g/mol. The second-order valence-electron chi connectivity index (χ2n) is 4.86. The van der Waals surface area contributed by atoms with Gasteiger partial charge >= 0.3 is 0 Å². The summed E-state index contributed by atoms with van der Waals surface area (Å²) in [7, 11) is 0. The van der Waals surface area contributed by atoms with Crippen LogP contribution < -0.4 is 4.90 Å². The van der Waals surface area contributed by atoms with Crippen LogP contribution in [0.15, 0.2) is 47.5 Å². The molecule has 18 heavy (non-hydrogen) atoms. The minimum atomic E-state index is 1.07. The highest BCUT2D eigenvalue weighted by Gasteiger charge is 2.23. The van der Waals surface area contributed by atoms with Crippen molar-refractivity contribution >= 4 is 23.3 Å². The highest BCUT2D eigenvalue weighted by molar-refractivity contribution is 5.97. The van der Waals surface area contributed by atoms with E-state index in [9.17, 15) is 0 Å². The first-order valence-corrected chi connectivity index (χ1v) is 6.46. The van der Waals surface area contributed by atoms with Gasteiger partial charge in [-0.2, -0.15) is 0 Å². The van der Waals surface area contributed by atoms with Crippen LogP contribution in [0.1, 0.15) is 17.5 Å². The molecule has 0 radical (unpaired) electrons. The van der Waals surface area contributed by atoms with E-state index in [1.807, 2.05) is 6.21 Å². The topological polar surface area (TPSA) is 15.6 Å². The zero-order valence-electron chi connectivity index (χ0n) is 10.1. The average molecular weight is 234 g/mol. The molecule has 2 aromatic rings. The number of aliphatic imine (C=N–C) groups is 1. The highest BCUT2D eigenvalue weighted by Crippen LogP contribution is 2.41. The van der Waals surface area contributed by atoms with Crippen LogP contribution >= 0.6 is 0 Å². The van der Waals surface area contributed by atoms with Gasteiger partial charge in [0, 0.05) is 18.3 Å². The van der Waals surface area contributed by atoms with Crippen molar-refractivity contribution in [1.29, 1.82) is 0 Å².